The van der Waals surface area contributed by atoms with Gasteiger partial charge in [-0.15, -0.1) is 0 Å². The molecule has 0 amide bonds. The van der Waals surface area contributed by atoms with E-state index in [1.54, 1.807) is 11.8 Å². The monoisotopic (exact) mass is 252 g/mol. The van der Waals surface area contributed by atoms with Crippen molar-refractivity contribution in [1.82, 2.24) is 4.90 Å². The van der Waals surface area contributed by atoms with E-state index in [1.165, 1.54) is 0 Å². The maximum absolute atomic E-state index is 11.5. The summed E-state index contributed by atoms with van der Waals surface area (Å²) < 4.78 is 23.0. The molecule has 15 heavy (non-hydrogen) atoms. The third-order valence-corrected chi connectivity index (χ3v) is 5.58. The summed E-state index contributed by atoms with van der Waals surface area (Å²) in [5.74, 6) is 1.52. The van der Waals surface area contributed by atoms with Crippen LogP contribution in [0.4, 0.5) is 0 Å². The highest BCUT2D eigenvalue weighted by Crippen LogP contribution is 2.27. The molecular weight excluding hydrogens is 232 g/mol. The number of hydrogen-bond acceptors (Lipinski definition) is 5. The van der Waals surface area contributed by atoms with Crippen molar-refractivity contribution < 1.29 is 8.42 Å². The SMILES string of the molecule is CSCCN(C)C1(CN)CCS(=O)(=O)C1. The van der Waals surface area contributed by atoms with Crippen LogP contribution in [0.5, 0.6) is 0 Å². The van der Waals surface area contributed by atoms with E-state index in [2.05, 4.69) is 4.90 Å². The van der Waals surface area contributed by atoms with E-state index in [9.17, 15) is 8.42 Å². The van der Waals surface area contributed by atoms with Crippen molar-refractivity contribution in [1.29, 1.82) is 0 Å². The van der Waals surface area contributed by atoms with Crippen molar-refractivity contribution >= 4 is 21.6 Å². The quantitative estimate of drug-likeness (QED) is 0.734. The van der Waals surface area contributed by atoms with Crippen LogP contribution in [0.25, 0.3) is 0 Å². The standard InChI is InChI=1S/C9H20N2O2S2/c1-11(4-5-14-2)9(7-10)3-6-15(12,13)8-9/h3-8,10H2,1-2H3. The highest BCUT2D eigenvalue weighted by atomic mass is 32.2. The molecule has 0 aromatic rings. The van der Waals surface area contributed by atoms with Gasteiger partial charge in [0.15, 0.2) is 9.84 Å². The maximum Gasteiger partial charge on any atom is 0.152 e. The number of thioether (sulfide) groups is 1. The summed E-state index contributed by atoms with van der Waals surface area (Å²) in [6.45, 7) is 1.32. The lowest BCUT2D eigenvalue weighted by Crippen LogP contribution is -2.53. The van der Waals surface area contributed by atoms with Crippen LogP contribution in [-0.2, 0) is 9.84 Å². The minimum atomic E-state index is -2.86. The summed E-state index contributed by atoms with van der Waals surface area (Å²) in [7, 11) is -0.888. The van der Waals surface area contributed by atoms with E-state index in [0.717, 1.165) is 12.3 Å². The van der Waals surface area contributed by atoms with Crippen molar-refractivity contribution in [2.75, 3.05) is 43.7 Å². The number of nitrogens with zero attached hydrogens (tertiary/aromatic N) is 1. The highest BCUT2D eigenvalue weighted by molar-refractivity contribution is 7.98. The van der Waals surface area contributed by atoms with Crippen molar-refractivity contribution in [2.24, 2.45) is 5.73 Å². The largest absolute Gasteiger partial charge is 0.329 e. The third kappa shape index (κ3) is 3.09. The fourth-order valence-electron chi connectivity index (χ4n) is 1.98. The molecule has 0 aliphatic carbocycles. The first-order chi connectivity index (χ1) is 6.96. The van der Waals surface area contributed by atoms with E-state index < -0.39 is 9.84 Å². The van der Waals surface area contributed by atoms with Crippen molar-refractivity contribution in [2.45, 2.75) is 12.0 Å². The average molecular weight is 252 g/mol. The predicted octanol–water partition coefficient (Wildman–Crippen LogP) is -0.203. The van der Waals surface area contributed by atoms with E-state index >= 15 is 0 Å². The van der Waals surface area contributed by atoms with Gasteiger partial charge in [0.1, 0.15) is 0 Å². The zero-order chi connectivity index (χ0) is 11.5. The maximum atomic E-state index is 11.5. The second-order valence-electron chi connectivity index (χ2n) is 4.18. The summed E-state index contributed by atoms with van der Waals surface area (Å²) in [4.78, 5) is 2.12. The molecule has 1 unspecified atom stereocenters. The lowest BCUT2D eigenvalue weighted by Gasteiger charge is -2.36. The lowest BCUT2D eigenvalue weighted by atomic mass is 9.97. The normalized spacial score (nSPS) is 29.9. The van der Waals surface area contributed by atoms with E-state index in [1.807, 2.05) is 13.3 Å². The first-order valence-corrected chi connectivity index (χ1v) is 8.28. The molecule has 0 aromatic heterocycles. The Morgan fingerprint density at radius 1 is 1.53 bits per heavy atom. The summed E-state index contributed by atoms with van der Waals surface area (Å²) >= 11 is 1.77. The van der Waals surface area contributed by atoms with Gasteiger partial charge < -0.3 is 5.73 Å². The van der Waals surface area contributed by atoms with Gasteiger partial charge in [0.05, 0.1) is 11.5 Å². The Morgan fingerprint density at radius 3 is 2.60 bits per heavy atom. The molecule has 0 radical (unpaired) electrons. The Hall–Kier alpha value is 0.220. The van der Waals surface area contributed by atoms with Crippen LogP contribution in [0.15, 0.2) is 0 Å². The molecule has 1 aliphatic heterocycles. The van der Waals surface area contributed by atoms with Crippen LogP contribution in [0.1, 0.15) is 6.42 Å². The van der Waals surface area contributed by atoms with Gasteiger partial charge in [-0.3, -0.25) is 4.90 Å². The summed E-state index contributed by atoms with van der Waals surface area (Å²) in [6.07, 6.45) is 2.73. The Balaban J connectivity index is 2.70. The smallest absolute Gasteiger partial charge is 0.152 e. The number of hydrogen-bond donors (Lipinski definition) is 1. The first-order valence-electron chi connectivity index (χ1n) is 5.06. The van der Waals surface area contributed by atoms with Gasteiger partial charge in [0.25, 0.3) is 0 Å². The van der Waals surface area contributed by atoms with Crippen molar-refractivity contribution in [3.05, 3.63) is 0 Å². The Bertz CT molecular complexity index is 305. The number of nitrogens with two attached hydrogens (primary N) is 1. The fraction of sp³-hybridized carbons (Fsp3) is 1.00. The summed E-state index contributed by atoms with van der Waals surface area (Å²) in [6, 6.07) is 0. The Labute approximate surface area is 96.5 Å². The van der Waals surface area contributed by atoms with Crippen molar-refractivity contribution in [3.63, 3.8) is 0 Å². The zero-order valence-corrected chi connectivity index (χ0v) is 11.0. The second kappa shape index (κ2) is 5.03. The molecule has 90 valence electrons. The molecule has 2 N–H and O–H groups in total. The molecule has 0 bridgehead atoms. The summed E-state index contributed by atoms with van der Waals surface area (Å²) in [5, 5.41) is 0. The minimum absolute atomic E-state index is 0.224. The summed E-state index contributed by atoms with van der Waals surface area (Å²) in [5.41, 5.74) is 5.44. The molecule has 4 nitrogen and oxygen atoms in total. The van der Waals surface area contributed by atoms with Crippen molar-refractivity contribution in [3.8, 4) is 0 Å². The predicted molar refractivity (Wildman–Crippen MR) is 66.1 cm³/mol. The Morgan fingerprint density at radius 2 is 2.20 bits per heavy atom. The van der Waals surface area contributed by atoms with Crippen LogP contribution in [0.2, 0.25) is 0 Å². The topological polar surface area (TPSA) is 63.4 Å². The van der Waals surface area contributed by atoms with Gasteiger partial charge in [-0.2, -0.15) is 11.8 Å². The first kappa shape index (κ1) is 13.3. The van der Waals surface area contributed by atoms with E-state index in [0.29, 0.717) is 13.0 Å². The third-order valence-electron chi connectivity index (χ3n) is 3.19. The van der Waals surface area contributed by atoms with Crippen LogP contribution in [0, 0.1) is 0 Å². The van der Waals surface area contributed by atoms with E-state index in [-0.39, 0.29) is 17.0 Å². The number of sulfone groups is 1. The molecule has 0 saturated carbocycles. The van der Waals surface area contributed by atoms with Gasteiger partial charge in [-0.25, -0.2) is 8.42 Å². The molecule has 1 aliphatic rings. The van der Waals surface area contributed by atoms with E-state index in [4.69, 9.17) is 5.73 Å². The molecule has 1 heterocycles. The number of rotatable bonds is 5. The number of likely N-dealkylation sites (N-methyl/N-ethyl adjacent to an activating group) is 1. The second-order valence-corrected chi connectivity index (χ2v) is 7.35. The average Bonchev–Trinajstić information content (AvgIpc) is 2.52. The van der Waals surface area contributed by atoms with Gasteiger partial charge in [-0.1, -0.05) is 0 Å². The van der Waals surface area contributed by atoms with Crippen LogP contribution >= 0.6 is 11.8 Å². The van der Waals surface area contributed by atoms with Gasteiger partial charge >= 0.3 is 0 Å². The molecule has 1 fully saturated rings. The van der Waals surface area contributed by atoms with Crippen LogP contribution in [0.3, 0.4) is 0 Å². The molecule has 0 spiro atoms. The highest BCUT2D eigenvalue weighted by Gasteiger charge is 2.43. The van der Waals surface area contributed by atoms with Crippen LogP contribution < -0.4 is 5.73 Å². The van der Waals surface area contributed by atoms with Gasteiger partial charge in [0, 0.05) is 24.4 Å². The minimum Gasteiger partial charge on any atom is -0.329 e. The van der Waals surface area contributed by atoms with Gasteiger partial charge in [0.2, 0.25) is 0 Å². The molecule has 1 atom stereocenters. The molecule has 1 rings (SSSR count). The fourth-order valence-corrected chi connectivity index (χ4v) is 4.58. The Kier molecular flexibility index (Phi) is 4.46. The van der Waals surface area contributed by atoms with Gasteiger partial charge in [-0.05, 0) is 19.7 Å². The lowest BCUT2D eigenvalue weighted by molar-refractivity contribution is 0.161. The molecule has 6 heteroatoms. The molecule has 0 aromatic carbocycles. The van der Waals surface area contributed by atoms with Crippen LogP contribution in [-0.4, -0.2) is 62.5 Å². The molecular formula is C9H20N2O2S2. The zero-order valence-electron chi connectivity index (χ0n) is 9.40. The molecule has 1 saturated heterocycles.